The fraction of sp³-hybridized carbons (Fsp3) is 0.455. The lowest BCUT2D eigenvalue weighted by atomic mass is 10.4. The van der Waals surface area contributed by atoms with E-state index in [2.05, 4.69) is 50.4 Å². The number of thiophene rings is 1. The van der Waals surface area contributed by atoms with Crippen molar-refractivity contribution in [3.8, 4) is 0 Å². The average molecular weight is 315 g/mol. The second-order valence-corrected chi connectivity index (χ2v) is 6.26. The number of hydrogen-bond acceptors (Lipinski definition) is 4. The summed E-state index contributed by atoms with van der Waals surface area (Å²) in [6.07, 6.45) is 2.70. The van der Waals surface area contributed by atoms with Crippen LogP contribution >= 0.6 is 27.3 Å². The molecule has 0 radical (unpaired) electrons. The third kappa shape index (κ3) is 3.62. The molecular formula is C11H15BrN4S. The number of aromatic nitrogens is 3. The van der Waals surface area contributed by atoms with E-state index in [4.69, 9.17) is 0 Å². The molecule has 0 atom stereocenters. The molecule has 2 rings (SSSR count). The molecule has 6 heteroatoms. The summed E-state index contributed by atoms with van der Waals surface area (Å²) in [4.78, 5) is 5.57. The zero-order valence-electron chi connectivity index (χ0n) is 9.69. The van der Waals surface area contributed by atoms with Crippen LogP contribution in [-0.2, 0) is 19.6 Å². The highest BCUT2D eigenvalue weighted by molar-refractivity contribution is 9.11. The Bertz CT molecular complexity index is 465. The number of halogens is 1. The summed E-state index contributed by atoms with van der Waals surface area (Å²) >= 11 is 5.21. The van der Waals surface area contributed by atoms with Crippen molar-refractivity contribution >= 4 is 27.3 Å². The molecule has 0 spiro atoms. The van der Waals surface area contributed by atoms with Gasteiger partial charge < -0.3 is 5.32 Å². The van der Waals surface area contributed by atoms with Gasteiger partial charge in [-0.3, -0.25) is 0 Å². The van der Waals surface area contributed by atoms with E-state index >= 15 is 0 Å². The minimum Gasteiger partial charge on any atom is -0.305 e. The SMILES string of the molecule is CCCn1ncnc1CNCc1ccc(Br)s1. The predicted molar refractivity (Wildman–Crippen MR) is 72.9 cm³/mol. The molecule has 1 N–H and O–H groups in total. The van der Waals surface area contributed by atoms with Gasteiger partial charge in [-0.1, -0.05) is 6.92 Å². The normalized spacial score (nSPS) is 10.9. The Morgan fingerprint density at radius 2 is 2.29 bits per heavy atom. The van der Waals surface area contributed by atoms with Gasteiger partial charge >= 0.3 is 0 Å². The van der Waals surface area contributed by atoms with Crippen molar-refractivity contribution in [1.29, 1.82) is 0 Å². The van der Waals surface area contributed by atoms with Crippen molar-refractivity contribution in [2.45, 2.75) is 33.0 Å². The third-order valence-corrected chi connectivity index (χ3v) is 3.97. The second kappa shape index (κ2) is 6.28. The van der Waals surface area contributed by atoms with E-state index in [1.165, 1.54) is 8.66 Å². The monoisotopic (exact) mass is 314 g/mol. The molecule has 2 heterocycles. The van der Waals surface area contributed by atoms with Gasteiger partial charge in [0.2, 0.25) is 0 Å². The topological polar surface area (TPSA) is 42.7 Å². The van der Waals surface area contributed by atoms with Crippen LogP contribution in [0.3, 0.4) is 0 Å². The minimum absolute atomic E-state index is 0.759. The first-order valence-electron chi connectivity index (χ1n) is 5.61. The van der Waals surface area contributed by atoms with E-state index in [0.717, 1.165) is 31.9 Å². The van der Waals surface area contributed by atoms with Crippen LogP contribution in [0.2, 0.25) is 0 Å². The molecule has 92 valence electrons. The maximum absolute atomic E-state index is 4.25. The van der Waals surface area contributed by atoms with E-state index in [1.807, 2.05) is 4.68 Å². The van der Waals surface area contributed by atoms with Crippen molar-refractivity contribution in [3.05, 3.63) is 32.9 Å². The van der Waals surface area contributed by atoms with Gasteiger partial charge in [0.25, 0.3) is 0 Å². The van der Waals surface area contributed by atoms with Gasteiger partial charge in [-0.2, -0.15) is 5.10 Å². The lowest BCUT2D eigenvalue weighted by Gasteiger charge is -2.05. The molecule has 0 aliphatic rings. The second-order valence-electron chi connectivity index (χ2n) is 3.71. The summed E-state index contributed by atoms with van der Waals surface area (Å²) in [7, 11) is 0. The van der Waals surface area contributed by atoms with E-state index in [9.17, 15) is 0 Å². The Kier molecular flexibility index (Phi) is 4.70. The van der Waals surface area contributed by atoms with Crippen molar-refractivity contribution in [1.82, 2.24) is 20.1 Å². The van der Waals surface area contributed by atoms with Crippen LogP contribution in [0.15, 0.2) is 22.2 Å². The molecule has 0 bridgehead atoms. The molecule has 0 aliphatic heterocycles. The first kappa shape index (κ1) is 12.7. The molecule has 0 saturated heterocycles. The molecular weight excluding hydrogens is 300 g/mol. The Hall–Kier alpha value is -0.720. The van der Waals surface area contributed by atoms with E-state index < -0.39 is 0 Å². The van der Waals surface area contributed by atoms with E-state index in [0.29, 0.717) is 0 Å². The maximum Gasteiger partial charge on any atom is 0.140 e. The molecule has 17 heavy (non-hydrogen) atoms. The largest absolute Gasteiger partial charge is 0.305 e. The molecule has 2 aromatic heterocycles. The molecule has 0 aromatic carbocycles. The number of hydrogen-bond donors (Lipinski definition) is 1. The molecule has 4 nitrogen and oxygen atoms in total. The summed E-state index contributed by atoms with van der Waals surface area (Å²) < 4.78 is 3.13. The summed E-state index contributed by atoms with van der Waals surface area (Å²) in [5, 5.41) is 7.58. The van der Waals surface area contributed by atoms with Crippen LogP contribution in [0.25, 0.3) is 0 Å². The van der Waals surface area contributed by atoms with E-state index in [-0.39, 0.29) is 0 Å². The Morgan fingerprint density at radius 1 is 1.41 bits per heavy atom. The average Bonchev–Trinajstić information content (AvgIpc) is 2.90. The Labute approximate surface area is 113 Å². The third-order valence-electron chi connectivity index (χ3n) is 2.34. The molecule has 0 unspecified atom stereocenters. The summed E-state index contributed by atoms with van der Waals surface area (Å²) in [5.74, 6) is 1.00. The van der Waals surface area contributed by atoms with Gasteiger partial charge in [0.05, 0.1) is 10.3 Å². The molecule has 0 fully saturated rings. The van der Waals surface area contributed by atoms with Crippen LogP contribution in [0.5, 0.6) is 0 Å². The van der Waals surface area contributed by atoms with Crippen LogP contribution < -0.4 is 5.32 Å². The van der Waals surface area contributed by atoms with Gasteiger partial charge in [-0.05, 0) is 34.5 Å². The number of rotatable bonds is 6. The standard InChI is InChI=1S/C11H15BrN4S/c1-2-5-16-11(14-8-15-16)7-13-6-9-3-4-10(12)17-9/h3-4,8,13H,2,5-7H2,1H3. The Balaban J connectivity index is 1.83. The molecule has 0 amide bonds. The maximum atomic E-state index is 4.25. The highest BCUT2D eigenvalue weighted by atomic mass is 79.9. The zero-order chi connectivity index (χ0) is 12.1. The lowest BCUT2D eigenvalue weighted by molar-refractivity contribution is 0.543. The first-order valence-corrected chi connectivity index (χ1v) is 7.22. The number of aryl methyl sites for hydroxylation is 1. The summed E-state index contributed by atoms with van der Waals surface area (Å²) in [6.45, 7) is 4.70. The van der Waals surface area contributed by atoms with Crippen molar-refractivity contribution in [3.63, 3.8) is 0 Å². The van der Waals surface area contributed by atoms with Crippen molar-refractivity contribution in [2.24, 2.45) is 0 Å². The summed E-state index contributed by atoms with van der Waals surface area (Å²) in [5.41, 5.74) is 0. The molecule has 0 saturated carbocycles. The van der Waals surface area contributed by atoms with Gasteiger partial charge in [-0.15, -0.1) is 11.3 Å². The van der Waals surface area contributed by atoms with E-state index in [1.54, 1.807) is 17.7 Å². The van der Waals surface area contributed by atoms with Crippen LogP contribution in [0.1, 0.15) is 24.0 Å². The number of nitrogens with one attached hydrogen (secondary N) is 1. The highest BCUT2D eigenvalue weighted by Crippen LogP contribution is 2.21. The van der Waals surface area contributed by atoms with Crippen molar-refractivity contribution < 1.29 is 0 Å². The Morgan fingerprint density at radius 3 is 3.00 bits per heavy atom. The predicted octanol–water partition coefficient (Wildman–Crippen LogP) is 2.80. The fourth-order valence-corrected chi connectivity index (χ4v) is 3.02. The molecule has 2 aromatic rings. The summed E-state index contributed by atoms with van der Waals surface area (Å²) in [6, 6.07) is 4.19. The first-order chi connectivity index (χ1) is 8.29. The number of nitrogens with zero attached hydrogens (tertiary/aromatic N) is 3. The molecule has 0 aliphatic carbocycles. The van der Waals surface area contributed by atoms with Gasteiger partial charge in [0.15, 0.2) is 0 Å². The minimum atomic E-state index is 0.759. The fourth-order valence-electron chi connectivity index (χ4n) is 1.57. The smallest absolute Gasteiger partial charge is 0.140 e. The van der Waals surface area contributed by atoms with Crippen LogP contribution in [-0.4, -0.2) is 14.8 Å². The zero-order valence-corrected chi connectivity index (χ0v) is 12.1. The lowest BCUT2D eigenvalue weighted by Crippen LogP contribution is -2.16. The van der Waals surface area contributed by atoms with Crippen LogP contribution in [0.4, 0.5) is 0 Å². The van der Waals surface area contributed by atoms with Crippen molar-refractivity contribution in [2.75, 3.05) is 0 Å². The quantitative estimate of drug-likeness (QED) is 0.891. The van der Waals surface area contributed by atoms with Gasteiger partial charge in [0, 0.05) is 18.0 Å². The van der Waals surface area contributed by atoms with Gasteiger partial charge in [0.1, 0.15) is 12.2 Å². The highest BCUT2D eigenvalue weighted by Gasteiger charge is 2.03. The van der Waals surface area contributed by atoms with Gasteiger partial charge in [-0.25, -0.2) is 9.67 Å². The van der Waals surface area contributed by atoms with Crippen LogP contribution in [0, 0.1) is 0 Å².